The SMILES string of the molecule is NC(=O)CN1CCC2(CC1)OCCc1cnc(-c3ccccc3)nc12. The number of amides is 1. The Morgan fingerprint density at radius 1 is 1.24 bits per heavy atom. The van der Waals surface area contributed by atoms with E-state index in [0.29, 0.717) is 13.2 Å². The number of nitrogens with zero attached hydrogens (tertiary/aromatic N) is 3. The lowest BCUT2D eigenvalue weighted by Gasteiger charge is -2.43. The molecular weight excluding hydrogens is 316 g/mol. The minimum Gasteiger partial charge on any atom is -0.369 e. The maximum absolute atomic E-state index is 11.2. The molecular formula is C19H22N4O2. The Morgan fingerprint density at radius 2 is 2.00 bits per heavy atom. The molecule has 2 N–H and O–H groups in total. The van der Waals surface area contributed by atoms with Crippen LogP contribution < -0.4 is 5.73 Å². The van der Waals surface area contributed by atoms with Crippen LogP contribution in [0.15, 0.2) is 36.5 Å². The van der Waals surface area contributed by atoms with E-state index in [2.05, 4.69) is 9.88 Å². The lowest BCUT2D eigenvalue weighted by molar-refractivity contribution is -0.123. The van der Waals surface area contributed by atoms with Crippen molar-refractivity contribution in [2.75, 3.05) is 26.2 Å². The summed E-state index contributed by atoms with van der Waals surface area (Å²) >= 11 is 0. The first-order valence-electron chi connectivity index (χ1n) is 8.73. The number of carbonyl (C=O) groups is 1. The maximum Gasteiger partial charge on any atom is 0.231 e. The average Bonchev–Trinajstić information content (AvgIpc) is 2.64. The molecule has 1 aromatic heterocycles. The number of carbonyl (C=O) groups excluding carboxylic acids is 1. The lowest BCUT2D eigenvalue weighted by atomic mass is 9.83. The van der Waals surface area contributed by atoms with Crippen LogP contribution in [-0.4, -0.2) is 47.0 Å². The molecule has 2 aliphatic rings. The highest BCUT2D eigenvalue weighted by atomic mass is 16.5. The molecule has 0 bridgehead atoms. The molecule has 4 rings (SSSR count). The molecule has 0 atom stereocenters. The molecule has 2 aromatic rings. The third-order valence-electron chi connectivity index (χ3n) is 5.12. The molecule has 0 unspecified atom stereocenters. The fraction of sp³-hybridized carbons (Fsp3) is 0.421. The lowest BCUT2D eigenvalue weighted by Crippen LogP contribution is -2.49. The van der Waals surface area contributed by atoms with Crippen LogP contribution in [-0.2, 0) is 21.6 Å². The van der Waals surface area contributed by atoms with Gasteiger partial charge in [-0.2, -0.15) is 0 Å². The number of benzene rings is 1. The van der Waals surface area contributed by atoms with Crippen LogP contribution in [0.3, 0.4) is 0 Å². The van der Waals surface area contributed by atoms with E-state index in [1.54, 1.807) is 0 Å². The highest BCUT2D eigenvalue weighted by molar-refractivity contribution is 5.75. The molecule has 1 amide bonds. The summed E-state index contributed by atoms with van der Waals surface area (Å²) in [6, 6.07) is 10.0. The average molecular weight is 338 g/mol. The van der Waals surface area contributed by atoms with Crippen molar-refractivity contribution in [2.24, 2.45) is 5.73 Å². The molecule has 1 spiro atoms. The highest BCUT2D eigenvalue weighted by Gasteiger charge is 2.42. The van der Waals surface area contributed by atoms with Crippen molar-refractivity contribution < 1.29 is 9.53 Å². The Hall–Kier alpha value is -2.31. The second kappa shape index (κ2) is 6.54. The topological polar surface area (TPSA) is 81.3 Å². The van der Waals surface area contributed by atoms with Gasteiger partial charge in [-0.05, 0) is 24.8 Å². The van der Waals surface area contributed by atoms with Crippen LogP contribution in [0.5, 0.6) is 0 Å². The Balaban J connectivity index is 1.64. The third kappa shape index (κ3) is 3.15. The van der Waals surface area contributed by atoms with Crippen molar-refractivity contribution in [3.8, 4) is 11.4 Å². The molecule has 1 fully saturated rings. The van der Waals surface area contributed by atoms with Crippen molar-refractivity contribution in [3.05, 3.63) is 47.8 Å². The van der Waals surface area contributed by atoms with Gasteiger partial charge in [-0.3, -0.25) is 9.69 Å². The van der Waals surface area contributed by atoms with Crippen molar-refractivity contribution >= 4 is 5.91 Å². The van der Waals surface area contributed by atoms with Crippen LogP contribution >= 0.6 is 0 Å². The second-order valence-electron chi connectivity index (χ2n) is 6.77. The van der Waals surface area contributed by atoms with Gasteiger partial charge < -0.3 is 10.5 Å². The van der Waals surface area contributed by atoms with Gasteiger partial charge in [0.1, 0.15) is 5.60 Å². The fourth-order valence-electron chi connectivity index (χ4n) is 3.81. The predicted octanol–water partition coefficient (Wildman–Crippen LogP) is 1.49. The number of rotatable bonds is 3. The van der Waals surface area contributed by atoms with E-state index in [4.69, 9.17) is 15.5 Å². The summed E-state index contributed by atoms with van der Waals surface area (Å²) < 4.78 is 6.24. The number of hydrogen-bond donors (Lipinski definition) is 1. The number of ether oxygens (including phenoxy) is 1. The van der Waals surface area contributed by atoms with Gasteiger partial charge in [-0.25, -0.2) is 9.97 Å². The normalized spacial score (nSPS) is 19.5. The van der Waals surface area contributed by atoms with E-state index in [-0.39, 0.29) is 11.5 Å². The van der Waals surface area contributed by atoms with Gasteiger partial charge in [0, 0.05) is 24.8 Å². The number of primary amides is 1. The van der Waals surface area contributed by atoms with E-state index in [9.17, 15) is 4.79 Å². The quantitative estimate of drug-likeness (QED) is 0.917. The Morgan fingerprint density at radius 3 is 2.72 bits per heavy atom. The molecule has 25 heavy (non-hydrogen) atoms. The Bertz CT molecular complexity index is 770. The molecule has 0 radical (unpaired) electrons. The summed E-state index contributed by atoms with van der Waals surface area (Å²) in [4.78, 5) is 22.7. The third-order valence-corrected chi connectivity index (χ3v) is 5.12. The summed E-state index contributed by atoms with van der Waals surface area (Å²) in [5, 5.41) is 0. The first-order chi connectivity index (χ1) is 12.2. The van der Waals surface area contributed by atoms with E-state index in [1.165, 1.54) is 5.56 Å². The number of likely N-dealkylation sites (tertiary alicyclic amines) is 1. The number of hydrogen-bond acceptors (Lipinski definition) is 5. The maximum atomic E-state index is 11.2. The van der Waals surface area contributed by atoms with Gasteiger partial charge in [0.15, 0.2) is 5.82 Å². The van der Waals surface area contributed by atoms with Crippen molar-refractivity contribution in [1.29, 1.82) is 0 Å². The van der Waals surface area contributed by atoms with E-state index >= 15 is 0 Å². The van der Waals surface area contributed by atoms with E-state index in [0.717, 1.165) is 49.4 Å². The smallest absolute Gasteiger partial charge is 0.231 e. The summed E-state index contributed by atoms with van der Waals surface area (Å²) in [6.07, 6.45) is 4.43. The molecule has 6 nitrogen and oxygen atoms in total. The number of aromatic nitrogens is 2. The summed E-state index contributed by atoms with van der Waals surface area (Å²) in [5.74, 6) is 0.457. The van der Waals surface area contributed by atoms with E-state index in [1.807, 2.05) is 36.5 Å². The number of nitrogens with two attached hydrogens (primary N) is 1. The van der Waals surface area contributed by atoms with Crippen LogP contribution in [0.25, 0.3) is 11.4 Å². The molecule has 130 valence electrons. The van der Waals surface area contributed by atoms with Gasteiger partial charge in [0.25, 0.3) is 0 Å². The predicted molar refractivity (Wildman–Crippen MR) is 93.7 cm³/mol. The highest BCUT2D eigenvalue weighted by Crippen LogP contribution is 2.40. The monoisotopic (exact) mass is 338 g/mol. The summed E-state index contributed by atoms with van der Waals surface area (Å²) in [5.41, 5.74) is 8.16. The van der Waals surface area contributed by atoms with Gasteiger partial charge in [-0.1, -0.05) is 30.3 Å². The van der Waals surface area contributed by atoms with Crippen LogP contribution in [0.1, 0.15) is 24.1 Å². The zero-order valence-electron chi connectivity index (χ0n) is 14.1. The number of fused-ring (bicyclic) bond motifs is 2. The van der Waals surface area contributed by atoms with Crippen LogP contribution in [0.2, 0.25) is 0 Å². The first kappa shape index (κ1) is 16.2. The van der Waals surface area contributed by atoms with Crippen LogP contribution in [0, 0.1) is 0 Å². The molecule has 1 saturated heterocycles. The summed E-state index contributed by atoms with van der Waals surface area (Å²) in [6.45, 7) is 2.57. The van der Waals surface area contributed by atoms with Gasteiger partial charge >= 0.3 is 0 Å². The first-order valence-corrected chi connectivity index (χ1v) is 8.73. The molecule has 1 aromatic carbocycles. The van der Waals surface area contributed by atoms with Gasteiger partial charge in [0.2, 0.25) is 5.91 Å². The fourth-order valence-corrected chi connectivity index (χ4v) is 3.81. The molecule has 3 heterocycles. The minimum atomic E-state index is -0.367. The van der Waals surface area contributed by atoms with Gasteiger partial charge in [-0.15, -0.1) is 0 Å². The van der Waals surface area contributed by atoms with Crippen molar-refractivity contribution in [3.63, 3.8) is 0 Å². The van der Waals surface area contributed by atoms with E-state index < -0.39 is 0 Å². The van der Waals surface area contributed by atoms with Gasteiger partial charge in [0.05, 0.1) is 18.8 Å². The van der Waals surface area contributed by atoms with Crippen molar-refractivity contribution in [2.45, 2.75) is 24.9 Å². The molecule has 2 aliphatic heterocycles. The zero-order chi connectivity index (χ0) is 17.3. The Kier molecular flexibility index (Phi) is 4.23. The summed E-state index contributed by atoms with van der Waals surface area (Å²) in [7, 11) is 0. The zero-order valence-corrected chi connectivity index (χ0v) is 14.1. The molecule has 6 heteroatoms. The Labute approximate surface area is 147 Å². The molecule has 0 saturated carbocycles. The number of piperidine rings is 1. The molecule has 0 aliphatic carbocycles. The largest absolute Gasteiger partial charge is 0.369 e. The second-order valence-corrected chi connectivity index (χ2v) is 6.77. The minimum absolute atomic E-state index is 0.283. The van der Waals surface area contributed by atoms with Crippen molar-refractivity contribution in [1.82, 2.24) is 14.9 Å². The standard InChI is InChI=1S/C19H22N4O2/c20-16(24)13-23-9-7-19(8-10-23)17-15(6-11-25-19)12-21-18(22-17)14-4-2-1-3-5-14/h1-5,12H,6-11,13H2,(H2,20,24). The van der Waals surface area contributed by atoms with Crippen LogP contribution in [0.4, 0.5) is 0 Å².